The Morgan fingerprint density at radius 3 is 3.09 bits per heavy atom. The molecule has 2 saturated heterocycles. The molecule has 2 bridgehead atoms. The number of carbonyl (C=O) groups excluding carboxylic acids is 1. The second kappa shape index (κ2) is 5.52. The smallest absolute Gasteiger partial charge is 0.273 e. The first-order chi connectivity index (χ1) is 10.7. The molecule has 2 atom stereocenters. The number of likely N-dealkylation sites (tertiary alicyclic amines) is 1. The number of carbonyl (C=O) groups is 1. The molecular formula is C16H19N3O2S. The van der Waals surface area contributed by atoms with Crippen molar-refractivity contribution in [2.24, 2.45) is 0 Å². The summed E-state index contributed by atoms with van der Waals surface area (Å²) in [6, 6.07) is 4.74. The molecule has 2 aromatic heterocycles. The van der Waals surface area contributed by atoms with Gasteiger partial charge in [0.2, 0.25) is 0 Å². The number of nitrogens with zero attached hydrogens (tertiary/aromatic N) is 2. The fourth-order valence-corrected chi connectivity index (χ4v) is 4.25. The van der Waals surface area contributed by atoms with Gasteiger partial charge in [0, 0.05) is 30.1 Å². The van der Waals surface area contributed by atoms with Crippen molar-refractivity contribution in [2.75, 3.05) is 13.1 Å². The minimum atomic E-state index is 0.0564. The Kier molecular flexibility index (Phi) is 3.50. The van der Waals surface area contributed by atoms with E-state index >= 15 is 0 Å². The van der Waals surface area contributed by atoms with E-state index in [4.69, 9.17) is 4.42 Å². The number of aromatic nitrogens is 1. The summed E-state index contributed by atoms with van der Waals surface area (Å²) in [4.78, 5) is 20.3. The van der Waals surface area contributed by atoms with Crippen molar-refractivity contribution in [3.05, 3.63) is 29.0 Å². The molecule has 0 aromatic carbocycles. The second-order valence-electron chi connectivity index (χ2n) is 6.08. The quantitative estimate of drug-likeness (QED) is 0.925. The topological polar surface area (TPSA) is 58.4 Å². The van der Waals surface area contributed by atoms with E-state index in [0.29, 0.717) is 17.8 Å². The number of hydrogen-bond donors (Lipinski definition) is 1. The van der Waals surface area contributed by atoms with E-state index in [1.165, 1.54) is 24.2 Å². The van der Waals surface area contributed by atoms with Crippen LogP contribution in [0.25, 0.3) is 10.8 Å². The van der Waals surface area contributed by atoms with E-state index in [-0.39, 0.29) is 5.91 Å². The van der Waals surface area contributed by atoms with Gasteiger partial charge in [-0.1, -0.05) is 0 Å². The van der Waals surface area contributed by atoms with Crippen LogP contribution in [0.15, 0.2) is 22.8 Å². The number of furan rings is 1. The molecule has 0 aliphatic carbocycles. The summed E-state index contributed by atoms with van der Waals surface area (Å²) < 4.78 is 5.39. The molecule has 2 aliphatic heterocycles. The number of thiazole rings is 1. The van der Waals surface area contributed by atoms with Gasteiger partial charge in [-0.2, -0.15) is 0 Å². The molecule has 5 nitrogen and oxygen atoms in total. The minimum absolute atomic E-state index is 0.0564. The molecule has 116 valence electrons. The van der Waals surface area contributed by atoms with Crippen LogP contribution in [0.5, 0.6) is 0 Å². The molecule has 0 saturated carbocycles. The molecule has 6 heteroatoms. The van der Waals surface area contributed by atoms with Crippen LogP contribution in [0.1, 0.15) is 34.6 Å². The van der Waals surface area contributed by atoms with Crippen LogP contribution in [0, 0.1) is 6.92 Å². The summed E-state index contributed by atoms with van der Waals surface area (Å²) in [7, 11) is 0. The lowest BCUT2D eigenvalue weighted by Gasteiger charge is -2.23. The van der Waals surface area contributed by atoms with Crippen molar-refractivity contribution in [2.45, 2.75) is 38.3 Å². The number of aryl methyl sites for hydroxylation is 1. The Morgan fingerprint density at radius 1 is 1.41 bits per heavy atom. The summed E-state index contributed by atoms with van der Waals surface area (Å²) in [6.45, 7) is 3.57. The number of amides is 1. The maximum atomic E-state index is 12.8. The number of fused-ring (bicyclic) bond motifs is 2. The molecule has 1 N–H and O–H groups in total. The van der Waals surface area contributed by atoms with E-state index in [0.717, 1.165) is 35.2 Å². The molecular weight excluding hydrogens is 298 g/mol. The summed E-state index contributed by atoms with van der Waals surface area (Å²) in [5.74, 6) is 0.782. The van der Waals surface area contributed by atoms with Crippen molar-refractivity contribution >= 4 is 17.2 Å². The zero-order valence-electron chi connectivity index (χ0n) is 12.5. The molecule has 2 aromatic rings. The fraction of sp³-hybridized carbons (Fsp3) is 0.500. The van der Waals surface area contributed by atoms with Crippen LogP contribution in [0.2, 0.25) is 0 Å². The van der Waals surface area contributed by atoms with Gasteiger partial charge < -0.3 is 14.6 Å². The van der Waals surface area contributed by atoms with Crippen LogP contribution in [-0.4, -0.2) is 41.0 Å². The molecule has 2 unspecified atom stereocenters. The van der Waals surface area contributed by atoms with Gasteiger partial charge in [0.1, 0.15) is 5.69 Å². The maximum absolute atomic E-state index is 12.8. The molecule has 2 fully saturated rings. The average Bonchev–Trinajstić information content (AvgIpc) is 3.18. The molecule has 0 spiro atoms. The first-order valence-electron chi connectivity index (χ1n) is 7.77. The Labute approximate surface area is 133 Å². The van der Waals surface area contributed by atoms with Gasteiger partial charge in [0.05, 0.1) is 6.26 Å². The third-order valence-electron chi connectivity index (χ3n) is 4.54. The lowest BCUT2D eigenvalue weighted by atomic mass is 10.1. The highest BCUT2D eigenvalue weighted by molar-refractivity contribution is 7.15. The number of nitrogens with one attached hydrogen (secondary N) is 1. The zero-order chi connectivity index (χ0) is 15.1. The normalized spacial score (nSPS) is 24.5. The van der Waals surface area contributed by atoms with E-state index < -0.39 is 0 Å². The number of rotatable bonds is 2. The molecule has 0 radical (unpaired) electrons. The Morgan fingerprint density at radius 2 is 2.27 bits per heavy atom. The van der Waals surface area contributed by atoms with E-state index in [2.05, 4.69) is 10.3 Å². The molecule has 1 amide bonds. The summed E-state index contributed by atoms with van der Waals surface area (Å²) in [5.41, 5.74) is 0.578. The Balaban J connectivity index is 1.57. The van der Waals surface area contributed by atoms with E-state index in [1.807, 2.05) is 24.0 Å². The van der Waals surface area contributed by atoms with Gasteiger partial charge in [-0.3, -0.25) is 4.79 Å². The first kappa shape index (κ1) is 14.0. The fourth-order valence-electron chi connectivity index (χ4n) is 3.38. The maximum Gasteiger partial charge on any atom is 0.273 e. The van der Waals surface area contributed by atoms with Gasteiger partial charge in [-0.25, -0.2) is 4.98 Å². The molecule has 2 aliphatic rings. The van der Waals surface area contributed by atoms with Crippen molar-refractivity contribution in [3.63, 3.8) is 0 Å². The van der Waals surface area contributed by atoms with Crippen molar-refractivity contribution < 1.29 is 9.21 Å². The first-order valence-corrected chi connectivity index (χ1v) is 8.59. The monoisotopic (exact) mass is 317 g/mol. The van der Waals surface area contributed by atoms with Gasteiger partial charge in [0.15, 0.2) is 10.8 Å². The van der Waals surface area contributed by atoms with Gasteiger partial charge in [-0.15, -0.1) is 11.3 Å². The van der Waals surface area contributed by atoms with Gasteiger partial charge in [-0.05, 0) is 38.3 Å². The SMILES string of the molecule is Cc1sc(-c2ccco2)nc1C(=O)N1CCC2CCC(C1)N2. The van der Waals surface area contributed by atoms with Crippen molar-refractivity contribution in [1.82, 2.24) is 15.2 Å². The predicted molar refractivity (Wildman–Crippen MR) is 85.0 cm³/mol. The van der Waals surface area contributed by atoms with Crippen molar-refractivity contribution in [3.8, 4) is 10.8 Å². The average molecular weight is 317 g/mol. The van der Waals surface area contributed by atoms with Crippen LogP contribution >= 0.6 is 11.3 Å². The molecule has 4 rings (SSSR count). The van der Waals surface area contributed by atoms with Gasteiger partial charge in [0.25, 0.3) is 5.91 Å². The third-order valence-corrected chi connectivity index (χ3v) is 5.53. The standard InChI is InChI=1S/C16H19N3O2S/c1-10-14(18-15(22-10)13-3-2-8-21-13)16(20)19-7-6-11-4-5-12(9-19)17-11/h2-3,8,11-12,17H,4-7,9H2,1H3. The lowest BCUT2D eigenvalue weighted by molar-refractivity contribution is 0.0742. The molecule has 4 heterocycles. The largest absolute Gasteiger partial charge is 0.462 e. The third kappa shape index (κ3) is 2.46. The summed E-state index contributed by atoms with van der Waals surface area (Å²) in [6.07, 6.45) is 5.08. The van der Waals surface area contributed by atoms with Crippen LogP contribution in [0.4, 0.5) is 0 Å². The van der Waals surface area contributed by atoms with E-state index in [9.17, 15) is 4.79 Å². The predicted octanol–water partition coefficient (Wildman–Crippen LogP) is 2.68. The highest BCUT2D eigenvalue weighted by atomic mass is 32.1. The summed E-state index contributed by atoms with van der Waals surface area (Å²) >= 11 is 1.52. The molecule has 22 heavy (non-hydrogen) atoms. The minimum Gasteiger partial charge on any atom is -0.462 e. The highest BCUT2D eigenvalue weighted by Gasteiger charge is 2.32. The summed E-state index contributed by atoms with van der Waals surface area (Å²) in [5, 5.41) is 4.38. The van der Waals surface area contributed by atoms with Crippen molar-refractivity contribution in [1.29, 1.82) is 0 Å². The van der Waals surface area contributed by atoms with Crippen LogP contribution in [-0.2, 0) is 0 Å². The Hall–Kier alpha value is -1.66. The van der Waals surface area contributed by atoms with Crippen LogP contribution < -0.4 is 5.32 Å². The number of hydrogen-bond acceptors (Lipinski definition) is 5. The van der Waals surface area contributed by atoms with Crippen LogP contribution in [0.3, 0.4) is 0 Å². The lowest BCUT2D eigenvalue weighted by Crippen LogP contribution is -2.39. The second-order valence-corrected chi connectivity index (χ2v) is 7.28. The highest BCUT2D eigenvalue weighted by Crippen LogP contribution is 2.29. The van der Waals surface area contributed by atoms with Gasteiger partial charge >= 0.3 is 0 Å². The Bertz CT molecular complexity index is 680. The zero-order valence-corrected chi connectivity index (χ0v) is 13.4. The van der Waals surface area contributed by atoms with E-state index in [1.54, 1.807) is 6.26 Å².